The first-order chi connectivity index (χ1) is 23.5. The average molecular weight is 647 g/mol. The first kappa shape index (κ1) is 31.0. The van der Waals surface area contributed by atoms with Gasteiger partial charge in [-0.3, -0.25) is 4.79 Å². The van der Waals surface area contributed by atoms with Crippen molar-refractivity contribution in [3.63, 3.8) is 0 Å². The molecule has 5 aromatic carbocycles. The van der Waals surface area contributed by atoms with Crippen molar-refractivity contribution in [2.45, 2.75) is 25.3 Å². The molecule has 1 aromatic heterocycles. The summed E-state index contributed by atoms with van der Waals surface area (Å²) in [6.07, 6.45) is 3.91. The molecule has 0 N–H and O–H groups in total. The molecule has 0 fully saturated rings. The van der Waals surface area contributed by atoms with E-state index in [1.165, 1.54) is 16.1 Å². The van der Waals surface area contributed by atoms with Crippen molar-refractivity contribution < 1.29 is 9.53 Å². The Kier molecular flexibility index (Phi) is 9.03. The van der Waals surface area contributed by atoms with Crippen LogP contribution < -0.4 is 9.75 Å². The molecule has 7 heteroatoms. The van der Waals surface area contributed by atoms with Crippen molar-refractivity contribution >= 4 is 35.1 Å². The molecule has 0 saturated carbocycles. The molecular weight excluding hydrogens is 613 g/mol. The summed E-state index contributed by atoms with van der Waals surface area (Å²) in [5.74, 6) is 1.15. The number of hydrogen-bond donors (Lipinski definition) is 0. The van der Waals surface area contributed by atoms with Gasteiger partial charge in [0, 0.05) is 28.0 Å². The fourth-order valence-corrected chi connectivity index (χ4v) is 6.23. The number of hydrazone groups is 1. The van der Waals surface area contributed by atoms with Crippen molar-refractivity contribution in [2.75, 3.05) is 10.8 Å². The van der Waals surface area contributed by atoms with Crippen molar-refractivity contribution in [3.8, 4) is 22.7 Å². The molecule has 0 bridgehead atoms. The van der Waals surface area contributed by atoms with Gasteiger partial charge >= 0.3 is 0 Å². The lowest BCUT2D eigenvalue weighted by molar-refractivity contribution is -0.114. The molecule has 0 atom stereocenters. The molecule has 7 rings (SSSR count). The first-order valence-electron chi connectivity index (χ1n) is 15.8. The Morgan fingerprint density at radius 2 is 1.35 bits per heavy atom. The Bertz CT molecular complexity index is 2090. The molecule has 0 unspecified atom stereocenters. The highest BCUT2D eigenvalue weighted by molar-refractivity contribution is 8.00. The first-order valence-corrected chi connectivity index (χ1v) is 16.8. The summed E-state index contributed by atoms with van der Waals surface area (Å²) < 4.78 is 7.94. The van der Waals surface area contributed by atoms with Gasteiger partial charge in [0.2, 0.25) is 0 Å². The summed E-state index contributed by atoms with van der Waals surface area (Å²) in [5.41, 5.74) is 8.95. The zero-order valence-corrected chi connectivity index (χ0v) is 27.6. The van der Waals surface area contributed by atoms with Gasteiger partial charge in [-0.05, 0) is 86.2 Å². The fourth-order valence-electron chi connectivity index (χ4n) is 5.39. The van der Waals surface area contributed by atoms with E-state index in [1.54, 1.807) is 11.8 Å². The van der Waals surface area contributed by atoms with Crippen LogP contribution in [0.4, 0.5) is 5.69 Å². The number of aryl methyl sites for hydroxylation is 2. The van der Waals surface area contributed by atoms with E-state index < -0.39 is 0 Å². The number of nitrogens with zero attached hydrogens (tertiary/aromatic N) is 4. The summed E-state index contributed by atoms with van der Waals surface area (Å²) in [4.78, 5) is 15.2. The van der Waals surface area contributed by atoms with E-state index in [4.69, 9.17) is 14.9 Å². The number of aromatic nitrogens is 2. The van der Waals surface area contributed by atoms with Crippen LogP contribution in [-0.2, 0) is 11.4 Å². The number of hydrogen-bond acceptors (Lipinski definition) is 5. The summed E-state index contributed by atoms with van der Waals surface area (Å²) in [7, 11) is 0. The number of benzene rings is 5. The Morgan fingerprint density at radius 3 is 2.02 bits per heavy atom. The number of rotatable bonds is 10. The van der Waals surface area contributed by atoms with Crippen LogP contribution in [0.25, 0.3) is 23.0 Å². The summed E-state index contributed by atoms with van der Waals surface area (Å²) in [6.45, 7) is 4.64. The Balaban J connectivity index is 1.23. The maximum Gasteiger partial charge on any atom is 0.280 e. The van der Waals surface area contributed by atoms with Gasteiger partial charge < -0.3 is 4.74 Å². The fraction of sp³-hybridized carbons (Fsp3) is 0.0976. The molecule has 1 aliphatic rings. The number of anilines is 1. The summed E-state index contributed by atoms with van der Waals surface area (Å²) >= 11 is 1.66. The van der Waals surface area contributed by atoms with Crippen molar-refractivity contribution in [3.05, 3.63) is 167 Å². The van der Waals surface area contributed by atoms with Crippen LogP contribution >= 0.6 is 11.8 Å². The van der Waals surface area contributed by atoms with E-state index in [-0.39, 0.29) is 5.91 Å². The second-order valence-electron chi connectivity index (χ2n) is 11.7. The van der Waals surface area contributed by atoms with Gasteiger partial charge in [0.25, 0.3) is 5.91 Å². The van der Waals surface area contributed by atoms with E-state index in [2.05, 4.69) is 62.4 Å². The van der Waals surface area contributed by atoms with Gasteiger partial charge in [-0.1, -0.05) is 83.9 Å². The molecule has 0 spiro atoms. The molecule has 2 heterocycles. The minimum atomic E-state index is -0.168. The van der Waals surface area contributed by atoms with E-state index in [1.807, 2.05) is 102 Å². The highest BCUT2D eigenvalue weighted by Gasteiger charge is 2.31. The van der Waals surface area contributed by atoms with Gasteiger partial charge in [0.1, 0.15) is 12.4 Å². The molecule has 6 nitrogen and oxygen atoms in total. The Labute approximate surface area is 285 Å². The molecule has 0 saturated heterocycles. The third kappa shape index (κ3) is 7.01. The van der Waals surface area contributed by atoms with Crippen LogP contribution in [0.1, 0.15) is 22.3 Å². The van der Waals surface area contributed by atoms with Gasteiger partial charge in [0.15, 0.2) is 0 Å². The van der Waals surface area contributed by atoms with Crippen LogP contribution in [0.3, 0.4) is 0 Å². The van der Waals surface area contributed by atoms with Gasteiger partial charge in [-0.25, -0.2) is 4.68 Å². The lowest BCUT2D eigenvalue weighted by Gasteiger charge is -2.11. The van der Waals surface area contributed by atoms with Gasteiger partial charge in [-0.15, -0.1) is 11.8 Å². The Morgan fingerprint density at radius 1 is 0.729 bits per heavy atom. The molecule has 0 aliphatic carbocycles. The van der Waals surface area contributed by atoms with Crippen molar-refractivity contribution in [1.29, 1.82) is 0 Å². The van der Waals surface area contributed by atoms with Gasteiger partial charge in [0.05, 0.1) is 28.4 Å². The SMILES string of the molecule is Cc1ccc(COc2ccc(-c3nn(-c4ccccc4)cc3/C=C3\C(=O)N(c4ccccc4)N=C3CSc3ccc(C)cc3)cc2)cc1. The molecule has 236 valence electrons. The summed E-state index contributed by atoms with van der Waals surface area (Å²) in [6, 6.07) is 44.2. The molecule has 1 amide bonds. The number of ether oxygens (including phenoxy) is 1. The normalized spacial score (nSPS) is 13.6. The van der Waals surface area contributed by atoms with Crippen LogP contribution in [0.2, 0.25) is 0 Å². The Hall–Kier alpha value is -5.66. The number of para-hydroxylation sites is 2. The maximum atomic E-state index is 14.0. The molecule has 6 aromatic rings. The van der Waals surface area contributed by atoms with Crippen LogP contribution in [-0.4, -0.2) is 27.2 Å². The number of amides is 1. The second-order valence-corrected chi connectivity index (χ2v) is 12.7. The highest BCUT2D eigenvalue weighted by atomic mass is 32.2. The number of carbonyl (C=O) groups is 1. The number of thioether (sulfide) groups is 1. The molecular formula is C41H34N4O2S. The lowest BCUT2D eigenvalue weighted by Crippen LogP contribution is -2.21. The van der Waals surface area contributed by atoms with Crippen LogP contribution in [0.5, 0.6) is 5.75 Å². The largest absolute Gasteiger partial charge is 0.489 e. The van der Waals surface area contributed by atoms with Gasteiger partial charge in [-0.2, -0.15) is 15.2 Å². The summed E-state index contributed by atoms with van der Waals surface area (Å²) in [5, 5.41) is 11.4. The number of carbonyl (C=O) groups excluding carboxylic acids is 1. The molecule has 0 radical (unpaired) electrons. The van der Waals surface area contributed by atoms with E-state index in [9.17, 15) is 4.79 Å². The lowest BCUT2D eigenvalue weighted by atomic mass is 10.0. The van der Waals surface area contributed by atoms with Crippen molar-refractivity contribution in [2.24, 2.45) is 5.10 Å². The zero-order valence-electron chi connectivity index (χ0n) is 26.8. The minimum Gasteiger partial charge on any atom is -0.489 e. The molecule has 1 aliphatic heterocycles. The zero-order chi connectivity index (χ0) is 32.9. The monoisotopic (exact) mass is 646 g/mol. The van der Waals surface area contributed by atoms with E-state index in [0.29, 0.717) is 23.6 Å². The minimum absolute atomic E-state index is 0.168. The van der Waals surface area contributed by atoms with E-state index >= 15 is 0 Å². The quantitative estimate of drug-likeness (QED) is 0.110. The second kappa shape index (κ2) is 14.0. The standard InChI is InChI=1S/C41H34N4O2S/c1-29-13-17-31(18-14-29)27-47-36-21-19-32(20-22-36)40-33(26-44(43-40)34-9-5-3-6-10-34)25-38-39(28-48-37-23-15-30(2)16-24-37)42-45(41(38)46)35-11-7-4-8-12-35/h3-26H,27-28H2,1-2H3/b38-25-. The smallest absolute Gasteiger partial charge is 0.280 e. The third-order valence-corrected chi connectivity index (χ3v) is 9.09. The predicted molar refractivity (Wildman–Crippen MR) is 196 cm³/mol. The highest BCUT2D eigenvalue weighted by Crippen LogP contribution is 2.32. The maximum absolute atomic E-state index is 14.0. The molecule has 48 heavy (non-hydrogen) atoms. The van der Waals surface area contributed by atoms with E-state index in [0.717, 1.165) is 44.4 Å². The topological polar surface area (TPSA) is 59.7 Å². The van der Waals surface area contributed by atoms with Crippen molar-refractivity contribution in [1.82, 2.24) is 9.78 Å². The van der Waals surface area contributed by atoms with Crippen LogP contribution in [0.15, 0.2) is 155 Å². The predicted octanol–water partition coefficient (Wildman–Crippen LogP) is 9.31. The average Bonchev–Trinajstić information content (AvgIpc) is 3.69. The third-order valence-electron chi connectivity index (χ3n) is 8.07. The van der Waals surface area contributed by atoms with Crippen LogP contribution in [0, 0.1) is 13.8 Å².